The van der Waals surface area contributed by atoms with Crippen molar-refractivity contribution in [3.63, 3.8) is 0 Å². The van der Waals surface area contributed by atoms with E-state index in [-0.39, 0.29) is 5.78 Å². The van der Waals surface area contributed by atoms with Crippen LogP contribution in [0.25, 0.3) is 6.08 Å². The Bertz CT molecular complexity index is 644. The summed E-state index contributed by atoms with van der Waals surface area (Å²) >= 11 is 1.54. The van der Waals surface area contributed by atoms with Crippen LogP contribution in [-0.2, 0) is 6.42 Å². The summed E-state index contributed by atoms with van der Waals surface area (Å²) in [5.41, 5.74) is 1.54. The molecule has 0 fully saturated rings. The summed E-state index contributed by atoms with van der Waals surface area (Å²) in [7, 11) is 0. The third-order valence-corrected chi connectivity index (χ3v) is 3.96. The van der Waals surface area contributed by atoms with Gasteiger partial charge in [-0.3, -0.25) is 4.79 Å². The number of allylic oxidation sites excluding steroid dienone is 1. The number of benzene rings is 1. The highest BCUT2D eigenvalue weighted by molar-refractivity contribution is 7.14. The molecule has 1 heterocycles. The Morgan fingerprint density at radius 2 is 2.00 bits per heavy atom. The molecule has 0 bridgehead atoms. The summed E-state index contributed by atoms with van der Waals surface area (Å²) < 4.78 is 0. The predicted molar refractivity (Wildman–Crippen MR) is 78.2 cm³/mol. The molecule has 2 nitrogen and oxygen atoms in total. The van der Waals surface area contributed by atoms with E-state index in [0.717, 1.165) is 16.9 Å². The maximum absolute atomic E-state index is 11.9. The number of carbonyl (C=O) groups is 1. The number of aryl methyl sites for hydroxylation is 1. The fourth-order valence-corrected chi connectivity index (χ4v) is 2.49. The maximum Gasteiger partial charge on any atom is 0.195 e. The van der Waals surface area contributed by atoms with Gasteiger partial charge in [0.25, 0.3) is 0 Å². The van der Waals surface area contributed by atoms with Gasteiger partial charge in [-0.2, -0.15) is 5.26 Å². The van der Waals surface area contributed by atoms with Crippen LogP contribution in [0.2, 0.25) is 0 Å². The molecule has 3 heteroatoms. The minimum absolute atomic E-state index is 0.0223. The molecule has 1 aromatic carbocycles. The average molecular weight is 267 g/mol. The molecule has 94 valence electrons. The molecule has 2 rings (SSSR count). The van der Waals surface area contributed by atoms with Crippen LogP contribution in [0.4, 0.5) is 0 Å². The van der Waals surface area contributed by atoms with Crippen molar-refractivity contribution in [2.75, 3.05) is 0 Å². The minimum atomic E-state index is 0.0223. The van der Waals surface area contributed by atoms with Gasteiger partial charge in [0.05, 0.1) is 16.5 Å². The molecule has 0 N–H and O–H groups in total. The second-order valence-corrected chi connectivity index (χ2v) is 5.22. The van der Waals surface area contributed by atoms with E-state index < -0.39 is 0 Å². The standard InChI is InChI=1S/C16H13NOS/c1-2-14-8-10-16(19-14)15(18)9-7-12-3-5-13(11-17)6-4-12/h3-10H,2H2,1H3/b9-7+. The highest BCUT2D eigenvalue weighted by Gasteiger charge is 2.04. The van der Waals surface area contributed by atoms with Gasteiger partial charge in [-0.1, -0.05) is 25.1 Å². The van der Waals surface area contributed by atoms with Crippen LogP contribution in [0.15, 0.2) is 42.5 Å². The number of rotatable bonds is 4. The zero-order valence-corrected chi connectivity index (χ0v) is 11.4. The van der Waals surface area contributed by atoms with Crippen molar-refractivity contribution in [1.82, 2.24) is 0 Å². The van der Waals surface area contributed by atoms with E-state index in [1.807, 2.05) is 24.3 Å². The Kier molecular flexibility index (Phi) is 4.27. The Labute approximate surface area is 116 Å². The van der Waals surface area contributed by atoms with E-state index in [4.69, 9.17) is 5.26 Å². The number of nitriles is 1. The van der Waals surface area contributed by atoms with Gasteiger partial charge < -0.3 is 0 Å². The number of carbonyl (C=O) groups excluding carboxylic acids is 1. The van der Waals surface area contributed by atoms with Crippen molar-refractivity contribution >= 4 is 23.2 Å². The van der Waals surface area contributed by atoms with E-state index in [1.165, 1.54) is 16.2 Å². The molecule has 0 radical (unpaired) electrons. The Morgan fingerprint density at radius 1 is 1.26 bits per heavy atom. The van der Waals surface area contributed by atoms with Crippen molar-refractivity contribution < 1.29 is 4.79 Å². The fraction of sp³-hybridized carbons (Fsp3) is 0.125. The second kappa shape index (κ2) is 6.12. The van der Waals surface area contributed by atoms with Crippen molar-refractivity contribution in [1.29, 1.82) is 5.26 Å². The maximum atomic E-state index is 11.9. The molecular weight excluding hydrogens is 254 g/mol. The second-order valence-electron chi connectivity index (χ2n) is 4.05. The van der Waals surface area contributed by atoms with Crippen LogP contribution in [0.3, 0.4) is 0 Å². The molecule has 0 saturated carbocycles. The molecule has 0 unspecified atom stereocenters. The van der Waals surface area contributed by atoms with Gasteiger partial charge in [0.15, 0.2) is 5.78 Å². The van der Waals surface area contributed by atoms with Crippen LogP contribution in [0, 0.1) is 11.3 Å². The van der Waals surface area contributed by atoms with Crippen LogP contribution < -0.4 is 0 Å². The molecule has 0 aliphatic rings. The summed E-state index contributed by atoms with van der Waals surface area (Å²) in [6.07, 6.45) is 4.30. The van der Waals surface area contributed by atoms with Gasteiger partial charge in [0.2, 0.25) is 0 Å². The number of ketones is 1. The van der Waals surface area contributed by atoms with Crippen LogP contribution in [0.1, 0.15) is 32.6 Å². The smallest absolute Gasteiger partial charge is 0.195 e. The zero-order chi connectivity index (χ0) is 13.7. The van der Waals surface area contributed by atoms with Gasteiger partial charge >= 0.3 is 0 Å². The first-order chi connectivity index (χ1) is 9.22. The van der Waals surface area contributed by atoms with Gasteiger partial charge in [0.1, 0.15) is 0 Å². The monoisotopic (exact) mass is 267 g/mol. The Balaban J connectivity index is 2.09. The largest absolute Gasteiger partial charge is 0.288 e. The van der Waals surface area contributed by atoms with Crippen LogP contribution in [0.5, 0.6) is 0 Å². The number of hydrogen-bond donors (Lipinski definition) is 0. The summed E-state index contributed by atoms with van der Waals surface area (Å²) in [5.74, 6) is 0.0223. The van der Waals surface area contributed by atoms with Gasteiger partial charge in [-0.25, -0.2) is 0 Å². The van der Waals surface area contributed by atoms with Gasteiger partial charge in [0, 0.05) is 4.88 Å². The lowest BCUT2D eigenvalue weighted by Crippen LogP contribution is -1.88. The Hall–Kier alpha value is -2.18. The van der Waals surface area contributed by atoms with Crippen LogP contribution >= 0.6 is 11.3 Å². The third kappa shape index (κ3) is 3.40. The van der Waals surface area contributed by atoms with E-state index in [1.54, 1.807) is 24.3 Å². The first kappa shape index (κ1) is 13.3. The number of nitrogens with zero attached hydrogens (tertiary/aromatic N) is 1. The SMILES string of the molecule is CCc1ccc(C(=O)/C=C/c2ccc(C#N)cc2)s1. The van der Waals surface area contributed by atoms with E-state index in [9.17, 15) is 4.79 Å². The summed E-state index contributed by atoms with van der Waals surface area (Å²) in [4.78, 5) is 13.9. The summed E-state index contributed by atoms with van der Waals surface area (Å²) in [6, 6.07) is 13.1. The molecule has 0 atom stereocenters. The molecular formula is C16H13NOS. The molecule has 0 amide bonds. The quantitative estimate of drug-likeness (QED) is 0.618. The number of thiophene rings is 1. The lowest BCUT2D eigenvalue weighted by Gasteiger charge is -1.93. The molecule has 0 aliphatic carbocycles. The highest BCUT2D eigenvalue weighted by atomic mass is 32.1. The molecule has 1 aromatic heterocycles. The van der Waals surface area contributed by atoms with Crippen molar-refractivity contribution in [3.8, 4) is 6.07 Å². The summed E-state index contributed by atoms with van der Waals surface area (Å²) in [6.45, 7) is 2.08. The fourth-order valence-electron chi connectivity index (χ4n) is 1.62. The van der Waals surface area contributed by atoms with Gasteiger partial charge in [-0.05, 0) is 42.3 Å². The predicted octanol–water partition coefficient (Wildman–Crippen LogP) is 4.08. The van der Waals surface area contributed by atoms with E-state index in [2.05, 4.69) is 13.0 Å². The van der Waals surface area contributed by atoms with Crippen molar-refractivity contribution in [3.05, 3.63) is 63.4 Å². The molecule has 2 aromatic rings. The number of hydrogen-bond acceptors (Lipinski definition) is 3. The van der Waals surface area contributed by atoms with E-state index in [0.29, 0.717) is 5.56 Å². The summed E-state index contributed by atoms with van der Waals surface area (Å²) in [5, 5.41) is 8.70. The lowest BCUT2D eigenvalue weighted by molar-refractivity contribution is 0.105. The normalized spacial score (nSPS) is 10.5. The topological polar surface area (TPSA) is 40.9 Å². The van der Waals surface area contributed by atoms with Gasteiger partial charge in [-0.15, -0.1) is 11.3 Å². The van der Waals surface area contributed by atoms with E-state index >= 15 is 0 Å². The van der Waals surface area contributed by atoms with Crippen molar-refractivity contribution in [2.45, 2.75) is 13.3 Å². The molecule has 19 heavy (non-hydrogen) atoms. The molecule has 0 saturated heterocycles. The first-order valence-electron chi connectivity index (χ1n) is 6.04. The zero-order valence-electron chi connectivity index (χ0n) is 10.6. The highest BCUT2D eigenvalue weighted by Crippen LogP contribution is 2.18. The molecule has 0 spiro atoms. The lowest BCUT2D eigenvalue weighted by atomic mass is 10.1. The van der Waals surface area contributed by atoms with Crippen molar-refractivity contribution in [2.24, 2.45) is 0 Å². The van der Waals surface area contributed by atoms with Crippen LogP contribution in [-0.4, -0.2) is 5.78 Å². The minimum Gasteiger partial charge on any atom is -0.288 e. The third-order valence-electron chi connectivity index (χ3n) is 2.72. The first-order valence-corrected chi connectivity index (χ1v) is 6.86. The average Bonchev–Trinajstić information content (AvgIpc) is 2.94. The molecule has 0 aliphatic heterocycles. The Morgan fingerprint density at radius 3 is 2.58 bits per heavy atom.